The molecule has 24 heavy (non-hydrogen) atoms. The van der Waals surface area contributed by atoms with Gasteiger partial charge in [-0.15, -0.1) is 0 Å². The number of benzene rings is 1. The van der Waals surface area contributed by atoms with E-state index in [1.165, 1.54) is 0 Å². The van der Waals surface area contributed by atoms with Crippen molar-refractivity contribution in [3.05, 3.63) is 41.5 Å². The van der Waals surface area contributed by atoms with Crippen LogP contribution in [0.1, 0.15) is 36.4 Å². The third-order valence-electron chi connectivity index (χ3n) is 4.83. The van der Waals surface area contributed by atoms with Gasteiger partial charge < -0.3 is 9.80 Å². The maximum Gasteiger partial charge on any atom is 0.471 e. The van der Waals surface area contributed by atoms with Crippen LogP contribution in [0, 0.1) is 0 Å². The molecule has 6 heteroatoms. The number of hydrogen-bond acceptors (Lipinski definition) is 2. The number of alkyl halides is 3. The van der Waals surface area contributed by atoms with Crippen LogP contribution in [0.2, 0.25) is 0 Å². The van der Waals surface area contributed by atoms with Crippen molar-refractivity contribution in [2.45, 2.75) is 31.5 Å². The first-order valence-corrected chi connectivity index (χ1v) is 8.22. The van der Waals surface area contributed by atoms with Crippen molar-refractivity contribution in [1.82, 2.24) is 9.80 Å². The van der Waals surface area contributed by atoms with Gasteiger partial charge in [0, 0.05) is 19.6 Å². The highest BCUT2D eigenvalue weighted by Crippen LogP contribution is 2.39. The summed E-state index contributed by atoms with van der Waals surface area (Å²) in [5, 5.41) is 0. The van der Waals surface area contributed by atoms with Crippen LogP contribution in [0.4, 0.5) is 13.2 Å². The first kappa shape index (κ1) is 17.0. The monoisotopic (exact) mass is 338 g/mol. The second-order valence-electron chi connectivity index (χ2n) is 6.48. The summed E-state index contributed by atoms with van der Waals surface area (Å²) in [5.41, 5.74) is 2.98. The Bertz CT molecular complexity index is 654. The molecule has 1 aromatic rings. The van der Waals surface area contributed by atoms with Gasteiger partial charge in [0.25, 0.3) is 0 Å². The van der Waals surface area contributed by atoms with Gasteiger partial charge in [-0.05, 0) is 43.0 Å². The fraction of sp³-hybridized carbons (Fsp3) is 0.500. The highest BCUT2D eigenvalue weighted by Gasteiger charge is 2.46. The summed E-state index contributed by atoms with van der Waals surface area (Å²) in [7, 11) is 2.04. The molecule has 1 atom stereocenters. The normalized spacial score (nSPS) is 22.6. The summed E-state index contributed by atoms with van der Waals surface area (Å²) < 4.78 is 38.6. The third kappa shape index (κ3) is 3.34. The van der Waals surface area contributed by atoms with Crippen molar-refractivity contribution in [2.24, 2.45) is 0 Å². The molecule has 130 valence electrons. The van der Waals surface area contributed by atoms with Gasteiger partial charge in [0.05, 0.1) is 6.04 Å². The summed E-state index contributed by atoms with van der Waals surface area (Å²) >= 11 is 0. The highest BCUT2D eigenvalue weighted by molar-refractivity contribution is 5.83. The molecule has 0 N–H and O–H groups in total. The number of likely N-dealkylation sites (N-methyl/N-ethyl adjacent to an activating group) is 1. The maximum atomic E-state index is 12.9. The van der Waals surface area contributed by atoms with Gasteiger partial charge in [0.15, 0.2) is 0 Å². The van der Waals surface area contributed by atoms with Crippen LogP contribution < -0.4 is 0 Å². The lowest BCUT2D eigenvalue weighted by molar-refractivity contribution is -0.186. The molecule has 2 heterocycles. The summed E-state index contributed by atoms with van der Waals surface area (Å²) in [6.45, 7) is 1.93. The summed E-state index contributed by atoms with van der Waals surface area (Å²) in [6, 6.07) is 7.07. The molecule has 0 bridgehead atoms. The molecule has 1 amide bonds. The van der Waals surface area contributed by atoms with E-state index in [4.69, 9.17) is 0 Å². The SMILES string of the molecule is CN1CC=C(c2ccccc2[C@H]2CCCN2C(=O)C(F)(F)F)CC1. The van der Waals surface area contributed by atoms with E-state index in [1.54, 1.807) is 0 Å². The Morgan fingerprint density at radius 2 is 1.96 bits per heavy atom. The molecule has 0 aromatic heterocycles. The molecule has 0 aliphatic carbocycles. The molecular formula is C18H21F3N2O. The first-order valence-electron chi connectivity index (χ1n) is 8.22. The predicted molar refractivity (Wildman–Crippen MR) is 86.3 cm³/mol. The lowest BCUT2D eigenvalue weighted by Crippen LogP contribution is -2.40. The highest BCUT2D eigenvalue weighted by atomic mass is 19.4. The molecule has 0 spiro atoms. The Kier molecular flexibility index (Phi) is 4.67. The van der Waals surface area contributed by atoms with Gasteiger partial charge in [-0.25, -0.2) is 0 Å². The standard InChI is InChI=1S/C18H21F3N2O/c1-22-11-8-13(9-12-22)14-5-2-3-6-15(14)16-7-4-10-23(16)17(24)18(19,20)21/h2-3,5-6,8,16H,4,7,9-12H2,1H3/t16-/m1/s1. The molecule has 3 nitrogen and oxygen atoms in total. The Hall–Kier alpha value is -1.82. The minimum Gasteiger partial charge on any atom is -0.328 e. The fourth-order valence-electron chi connectivity index (χ4n) is 3.59. The molecule has 1 saturated heterocycles. The van der Waals surface area contributed by atoms with Crippen LogP contribution >= 0.6 is 0 Å². The van der Waals surface area contributed by atoms with Gasteiger partial charge in [-0.2, -0.15) is 13.2 Å². The predicted octanol–water partition coefficient (Wildman–Crippen LogP) is 3.63. The van der Waals surface area contributed by atoms with Gasteiger partial charge in [-0.3, -0.25) is 4.79 Å². The zero-order chi connectivity index (χ0) is 17.3. The van der Waals surface area contributed by atoms with Crippen LogP contribution in [-0.2, 0) is 4.79 Å². The Morgan fingerprint density at radius 3 is 2.62 bits per heavy atom. The number of amides is 1. The molecule has 1 fully saturated rings. The molecule has 0 saturated carbocycles. The van der Waals surface area contributed by atoms with Crippen molar-refractivity contribution in [3.63, 3.8) is 0 Å². The van der Waals surface area contributed by atoms with Gasteiger partial charge in [0.1, 0.15) is 0 Å². The number of halogens is 3. The van der Waals surface area contributed by atoms with Crippen LogP contribution in [-0.4, -0.2) is 48.6 Å². The van der Waals surface area contributed by atoms with Crippen molar-refractivity contribution in [1.29, 1.82) is 0 Å². The van der Waals surface area contributed by atoms with E-state index in [-0.39, 0.29) is 6.54 Å². The lowest BCUT2D eigenvalue weighted by Gasteiger charge is -2.29. The summed E-state index contributed by atoms with van der Waals surface area (Å²) in [5.74, 6) is -1.72. The molecule has 2 aliphatic rings. The molecule has 1 aromatic carbocycles. The Morgan fingerprint density at radius 1 is 1.21 bits per heavy atom. The van der Waals surface area contributed by atoms with Crippen molar-refractivity contribution in [3.8, 4) is 0 Å². The molecular weight excluding hydrogens is 317 g/mol. The summed E-state index contributed by atoms with van der Waals surface area (Å²) in [4.78, 5) is 15.0. The largest absolute Gasteiger partial charge is 0.471 e. The molecule has 3 rings (SSSR count). The minimum atomic E-state index is -4.82. The van der Waals surface area contributed by atoms with E-state index in [9.17, 15) is 18.0 Å². The van der Waals surface area contributed by atoms with Crippen LogP contribution in [0.5, 0.6) is 0 Å². The zero-order valence-corrected chi connectivity index (χ0v) is 13.6. The summed E-state index contributed by atoms with van der Waals surface area (Å²) in [6.07, 6.45) is -0.639. The number of likely N-dealkylation sites (tertiary alicyclic amines) is 1. The van der Waals surface area contributed by atoms with Crippen molar-refractivity contribution in [2.75, 3.05) is 26.7 Å². The van der Waals surface area contributed by atoms with Gasteiger partial charge in [-0.1, -0.05) is 30.3 Å². The molecule has 0 unspecified atom stereocenters. The van der Waals surface area contributed by atoms with Crippen LogP contribution in [0.15, 0.2) is 30.3 Å². The van der Waals surface area contributed by atoms with E-state index >= 15 is 0 Å². The average molecular weight is 338 g/mol. The zero-order valence-electron chi connectivity index (χ0n) is 13.6. The van der Waals surface area contributed by atoms with E-state index < -0.39 is 18.1 Å². The number of rotatable bonds is 2. The molecule has 0 radical (unpaired) electrons. The second kappa shape index (κ2) is 6.59. The van der Waals surface area contributed by atoms with Crippen molar-refractivity contribution >= 4 is 11.5 Å². The second-order valence-corrected chi connectivity index (χ2v) is 6.48. The number of nitrogens with zero attached hydrogens (tertiary/aromatic N) is 2. The quantitative estimate of drug-likeness (QED) is 0.822. The topological polar surface area (TPSA) is 23.6 Å². The van der Waals surface area contributed by atoms with E-state index in [1.807, 2.05) is 31.3 Å². The Labute approximate surface area is 139 Å². The number of hydrogen-bond donors (Lipinski definition) is 0. The number of carbonyl (C=O) groups excluding carboxylic acids is 1. The third-order valence-corrected chi connectivity index (χ3v) is 4.83. The van der Waals surface area contributed by atoms with E-state index in [2.05, 4.69) is 11.0 Å². The smallest absolute Gasteiger partial charge is 0.328 e. The average Bonchev–Trinajstić information content (AvgIpc) is 3.03. The Balaban J connectivity index is 1.93. The maximum absolute atomic E-state index is 12.9. The van der Waals surface area contributed by atoms with E-state index in [0.29, 0.717) is 12.8 Å². The number of carbonyl (C=O) groups is 1. The lowest BCUT2D eigenvalue weighted by atomic mass is 9.90. The fourth-order valence-corrected chi connectivity index (χ4v) is 3.59. The van der Waals surface area contributed by atoms with Crippen LogP contribution in [0.25, 0.3) is 5.57 Å². The van der Waals surface area contributed by atoms with Gasteiger partial charge in [0.2, 0.25) is 0 Å². The first-order chi connectivity index (χ1) is 11.4. The molecule has 2 aliphatic heterocycles. The minimum absolute atomic E-state index is 0.166. The van der Waals surface area contributed by atoms with Gasteiger partial charge >= 0.3 is 12.1 Å². The van der Waals surface area contributed by atoms with Crippen LogP contribution in [0.3, 0.4) is 0 Å². The van der Waals surface area contributed by atoms with Crippen molar-refractivity contribution < 1.29 is 18.0 Å². The van der Waals surface area contributed by atoms with E-state index in [0.717, 1.165) is 41.1 Å².